The zero-order valence-electron chi connectivity index (χ0n) is 14.2. The average molecular weight is 354 g/mol. The Labute approximate surface area is 151 Å². The molecule has 1 aliphatic rings. The lowest BCUT2D eigenvalue weighted by Crippen LogP contribution is -2.47. The van der Waals surface area contributed by atoms with Crippen molar-refractivity contribution in [3.63, 3.8) is 0 Å². The minimum Gasteiger partial charge on any atom is -0.374 e. The largest absolute Gasteiger partial charge is 0.374 e. The highest BCUT2D eigenvalue weighted by atomic mass is 19.1. The molecule has 1 atom stereocenters. The molecule has 1 unspecified atom stereocenters. The monoisotopic (exact) mass is 354 g/mol. The van der Waals surface area contributed by atoms with Crippen molar-refractivity contribution >= 4 is 5.91 Å². The Kier molecular flexibility index (Phi) is 5.95. The van der Waals surface area contributed by atoms with Crippen LogP contribution in [-0.4, -0.2) is 43.2 Å². The van der Waals surface area contributed by atoms with Gasteiger partial charge in [-0.25, -0.2) is 4.39 Å². The summed E-state index contributed by atoms with van der Waals surface area (Å²) in [4.78, 5) is 14.4. The zero-order chi connectivity index (χ0) is 18.4. The third-order valence-electron chi connectivity index (χ3n) is 4.22. The highest BCUT2D eigenvalue weighted by Crippen LogP contribution is 2.15. The van der Waals surface area contributed by atoms with Crippen LogP contribution in [0, 0.1) is 17.1 Å². The Morgan fingerprint density at radius 3 is 2.85 bits per heavy atom. The third-order valence-corrected chi connectivity index (χ3v) is 4.22. The van der Waals surface area contributed by atoms with Gasteiger partial charge < -0.3 is 14.4 Å². The maximum Gasteiger partial charge on any atom is 0.255 e. The van der Waals surface area contributed by atoms with Crippen LogP contribution >= 0.6 is 0 Å². The van der Waals surface area contributed by atoms with Gasteiger partial charge in [0.15, 0.2) is 0 Å². The van der Waals surface area contributed by atoms with E-state index in [9.17, 15) is 9.18 Å². The minimum atomic E-state index is -0.304. The molecule has 5 nitrogen and oxygen atoms in total. The molecule has 1 amide bonds. The topological polar surface area (TPSA) is 62.6 Å². The summed E-state index contributed by atoms with van der Waals surface area (Å²) < 4.78 is 24.8. The summed E-state index contributed by atoms with van der Waals surface area (Å²) in [6, 6.07) is 15.2. The van der Waals surface area contributed by atoms with Crippen LogP contribution in [0.2, 0.25) is 0 Å². The first-order valence-electron chi connectivity index (χ1n) is 8.40. The second-order valence-corrected chi connectivity index (χ2v) is 6.01. The summed E-state index contributed by atoms with van der Waals surface area (Å²) >= 11 is 0. The smallest absolute Gasteiger partial charge is 0.255 e. The van der Waals surface area contributed by atoms with E-state index < -0.39 is 0 Å². The van der Waals surface area contributed by atoms with Crippen LogP contribution in [0.25, 0.3) is 0 Å². The number of rotatable bonds is 5. The van der Waals surface area contributed by atoms with Crippen LogP contribution in [0.3, 0.4) is 0 Å². The SMILES string of the molecule is N#Cc1ccccc1C(=O)N1CCOC(COCc2ccccc2F)C1. The fraction of sp³-hybridized carbons (Fsp3) is 0.300. The molecule has 0 radical (unpaired) electrons. The van der Waals surface area contributed by atoms with E-state index in [0.717, 1.165) is 0 Å². The van der Waals surface area contributed by atoms with Crippen molar-refractivity contribution in [2.24, 2.45) is 0 Å². The lowest BCUT2D eigenvalue weighted by Gasteiger charge is -2.33. The fourth-order valence-corrected chi connectivity index (χ4v) is 2.86. The van der Waals surface area contributed by atoms with Crippen LogP contribution < -0.4 is 0 Å². The van der Waals surface area contributed by atoms with Crippen molar-refractivity contribution in [3.05, 3.63) is 71.0 Å². The van der Waals surface area contributed by atoms with E-state index in [-0.39, 0.29) is 31.0 Å². The Morgan fingerprint density at radius 2 is 2.04 bits per heavy atom. The summed E-state index contributed by atoms with van der Waals surface area (Å²) in [5.41, 5.74) is 1.23. The van der Waals surface area contributed by atoms with Crippen molar-refractivity contribution < 1.29 is 18.7 Å². The Bertz CT molecular complexity index is 819. The number of hydrogen-bond donors (Lipinski definition) is 0. The minimum absolute atomic E-state index is 0.151. The highest BCUT2D eigenvalue weighted by Gasteiger charge is 2.26. The number of halogens is 1. The number of hydrogen-bond acceptors (Lipinski definition) is 4. The maximum atomic E-state index is 13.6. The quantitative estimate of drug-likeness (QED) is 0.828. The van der Waals surface area contributed by atoms with Crippen molar-refractivity contribution in [2.75, 3.05) is 26.3 Å². The first-order valence-corrected chi connectivity index (χ1v) is 8.40. The molecule has 3 rings (SSSR count). The predicted octanol–water partition coefficient (Wildman–Crippen LogP) is 2.76. The van der Waals surface area contributed by atoms with Crippen molar-refractivity contribution in [3.8, 4) is 6.07 Å². The van der Waals surface area contributed by atoms with Gasteiger partial charge in [0.1, 0.15) is 5.82 Å². The van der Waals surface area contributed by atoms with Gasteiger partial charge in [0.25, 0.3) is 5.91 Å². The molecule has 0 aromatic heterocycles. The van der Waals surface area contributed by atoms with Crippen molar-refractivity contribution in [1.82, 2.24) is 4.90 Å². The molecule has 0 aliphatic carbocycles. The molecule has 0 saturated carbocycles. The first-order chi connectivity index (χ1) is 12.7. The van der Waals surface area contributed by atoms with Crippen LogP contribution in [0.15, 0.2) is 48.5 Å². The lowest BCUT2D eigenvalue weighted by atomic mass is 10.1. The Balaban J connectivity index is 1.56. The lowest BCUT2D eigenvalue weighted by molar-refractivity contribution is -0.0650. The predicted molar refractivity (Wildman–Crippen MR) is 92.9 cm³/mol. The van der Waals surface area contributed by atoms with Gasteiger partial charge in [-0.2, -0.15) is 5.26 Å². The molecule has 0 N–H and O–H groups in total. The summed E-state index contributed by atoms with van der Waals surface area (Å²) in [7, 11) is 0. The highest BCUT2D eigenvalue weighted by molar-refractivity contribution is 5.96. The van der Waals surface area contributed by atoms with Gasteiger partial charge in [0, 0.05) is 18.7 Å². The molecule has 1 heterocycles. The van der Waals surface area contributed by atoms with E-state index >= 15 is 0 Å². The van der Waals surface area contributed by atoms with E-state index in [1.807, 2.05) is 6.07 Å². The van der Waals surface area contributed by atoms with Gasteiger partial charge in [-0.15, -0.1) is 0 Å². The second-order valence-electron chi connectivity index (χ2n) is 6.01. The van der Waals surface area contributed by atoms with Crippen molar-refractivity contribution in [2.45, 2.75) is 12.7 Å². The molecule has 2 aromatic rings. The summed E-state index contributed by atoms with van der Waals surface area (Å²) in [5.74, 6) is -0.494. The summed E-state index contributed by atoms with van der Waals surface area (Å²) in [6.07, 6.45) is -0.284. The molecule has 2 aromatic carbocycles. The Hall–Kier alpha value is -2.75. The van der Waals surface area contributed by atoms with E-state index in [1.54, 1.807) is 47.4 Å². The Morgan fingerprint density at radius 1 is 1.27 bits per heavy atom. The standard InChI is InChI=1S/C20H19FN2O3/c21-19-8-4-2-6-16(19)13-25-14-17-12-23(9-10-26-17)20(24)18-7-3-1-5-15(18)11-22/h1-8,17H,9-10,12-14H2. The van der Waals surface area contributed by atoms with Gasteiger partial charge >= 0.3 is 0 Å². The third kappa shape index (κ3) is 4.26. The van der Waals surface area contributed by atoms with Gasteiger partial charge in [-0.05, 0) is 18.2 Å². The number of carbonyl (C=O) groups is 1. The molecule has 1 aliphatic heterocycles. The van der Waals surface area contributed by atoms with Gasteiger partial charge in [0.05, 0.1) is 43.1 Å². The molecule has 0 bridgehead atoms. The number of nitrogens with zero attached hydrogens (tertiary/aromatic N) is 2. The van der Waals surface area contributed by atoms with E-state index in [2.05, 4.69) is 0 Å². The van der Waals surface area contributed by atoms with Gasteiger partial charge in [-0.3, -0.25) is 4.79 Å². The van der Waals surface area contributed by atoms with E-state index in [1.165, 1.54) is 6.07 Å². The number of benzene rings is 2. The molecule has 1 saturated heterocycles. The van der Waals surface area contributed by atoms with E-state index in [4.69, 9.17) is 14.7 Å². The number of ether oxygens (including phenoxy) is 2. The normalized spacial score (nSPS) is 16.9. The molecule has 1 fully saturated rings. The van der Waals surface area contributed by atoms with Crippen LogP contribution in [0.1, 0.15) is 21.5 Å². The number of morpholine rings is 1. The summed E-state index contributed by atoms with van der Waals surface area (Å²) in [5, 5.41) is 9.17. The van der Waals surface area contributed by atoms with Gasteiger partial charge in [0.2, 0.25) is 0 Å². The molecular formula is C20H19FN2O3. The first kappa shape index (κ1) is 18.1. The molecule has 6 heteroatoms. The number of carbonyl (C=O) groups excluding carboxylic acids is 1. The molecular weight excluding hydrogens is 335 g/mol. The average Bonchev–Trinajstić information content (AvgIpc) is 2.69. The zero-order valence-corrected chi connectivity index (χ0v) is 14.2. The maximum absolute atomic E-state index is 13.6. The van der Waals surface area contributed by atoms with Crippen LogP contribution in [0.4, 0.5) is 4.39 Å². The molecule has 134 valence electrons. The summed E-state index contributed by atoms with van der Waals surface area (Å²) in [6.45, 7) is 1.64. The van der Waals surface area contributed by atoms with Crippen molar-refractivity contribution in [1.29, 1.82) is 5.26 Å². The van der Waals surface area contributed by atoms with Gasteiger partial charge in [-0.1, -0.05) is 30.3 Å². The van der Waals surface area contributed by atoms with E-state index in [0.29, 0.717) is 36.4 Å². The van der Waals surface area contributed by atoms with Crippen LogP contribution in [0.5, 0.6) is 0 Å². The number of nitriles is 1. The second kappa shape index (κ2) is 8.56. The molecule has 26 heavy (non-hydrogen) atoms. The molecule has 0 spiro atoms. The number of amides is 1. The van der Waals surface area contributed by atoms with Crippen LogP contribution in [-0.2, 0) is 16.1 Å². The fourth-order valence-electron chi connectivity index (χ4n) is 2.86.